The van der Waals surface area contributed by atoms with E-state index < -0.39 is 5.82 Å². The number of halogens is 1. The van der Waals surface area contributed by atoms with Crippen LogP contribution >= 0.6 is 0 Å². The van der Waals surface area contributed by atoms with Gasteiger partial charge in [0.1, 0.15) is 5.82 Å². The number of nitrogens with zero attached hydrogens (tertiary/aromatic N) is 3. The van der Waals surface area contributed by atoms with E-state index in [2.05, 4.69) is 22.0 Å². The van der Waals surface area contributed by atoms with Gasteiger partial charge in [0.2, 0.25) is 0 Å². The molecule has 154 valence electrons. The number of carbonyl (C=O) groups is 1. The molecular formula is C22H27FN4O2. The fraction of sp³-hybridized carbons (Fsp3) is 0.500. The van der Waals surface area contributed by atoms with Gasteiger partial charge in [-0.1, -0.05) is 6.07 Å². The second-order valence-electron chi connectivity index (χ2n) is 8.24. The fourth-order valence-corrected chi connectivity index (χ4v) is 4.32. The summed E-state index contributed by atoms with van der Waals surface area (Å²) in [5.74, 6) is -0.762. The molecule has 1 fully saturated rings. The van der Waals surface area contributed by atoms with Crippen molar-refractivity contribution in [1.82, 2.24) is 20.0 Å². The summed E-state index contributed by atoms with van der Waals surface area (Å²) < 4.78 is 14.5. The maximum Gasteiger partial charge on any atom is 0.267 e. The van der Waals surface area contributed by atoms with Gasteiger partial charge in [-0.15, -0.1) is 0 Å². The van der Waals surface area contributed by atoms with E-state index in [1.807, 2.05) is 7.05 Å². The molecule has 1 unspecified atom stereocenters. The highest BCUT2D eigenvalue weighted by Crippen LogP contribution is 2.23. The maximum atomic E-state index is 14.5. The largest absolute Gasteiger partial charge is 0.336 e. The van der Waals surface area contributed by atoms with Crippen LogP contribution in [0.5, 0.6) is 0 Å². The van der Waals surface area contributed by atoms with Crippen molar-refractivity contribution < 1.29 is 9.18 Å². The zero-order valence-electron chi connectivity index (χ0n) is 17.0. The number of hydrogen-bond donors (Lipinski definition) is 1. The molecule has 1 N–H and O–H groups in total. The van der Waals surface area contributed by atoms with E-state index in [1.54, 1.807) is 17.0 Å². The average Bonchev–Trinajstić information content (AvgIpc) is 2.73. The zero-order valence-corrected chi connectivity index (χ0v) is 17.0. The van der Waals surface area contributed by atoms with Crippen LogP contribution in [0.2, 0.25) is 0 Å². The summed E-state index contributed by atoms with van der Waals surface area (Å²) in [6.45, 7) is 4.03. The Hall–Kier alpha value is -2.54. The van der Waals surface area contributed by atoms with Gasteiger partial charge in [-0.2, -0.15) is 5.10 Å². The highest BCUT2D eigenvalue weighted by molar-refractivity contribution is 5.94. The quantitative estimate of drug-likeness (QED) is 0.860. The number of aromatic nitrogens is 2. The van der Waals surface area contributed by atoms with Crippen LogP contribution in [0.3, 0.4) is 0 Å². The number of fused-ring (bicyclic) bond motifs is 1. The Morgan fingerprint density at radius 2 is 2.00 bits per heavy atom. The first-order chi connectivity index (χ1) is 13.9. The summed E-state index contributed by atoms with van der Waals surface area (Å²) in [5.41, 5.74) is 3.48. The van der Waals surface area contributed by atoms with E-state index in [1.165, 1.54) is 6.07 Å². The van der Waals surface area contributed by atoms with Gasteiger partial charge < -0.3 is 9.80 Å². The Morgan fingerprint density at radius 3 is 2.76 bits per heavy atom. The number of benzene rings is 1. The summed E-state index contributed by atoms with van der Waals surface area (Å²) in [5, 5.41) is 6.86. The summed E-state index contributed by atoms with van der Waals surface area (Å²) in [7, 11) is 2.03. The van der Waals surface area contributed by atoms with Crippen molar-refractivity contribution in [2.75, 3.05) is 26.7 Å². The van der Waals surface area contributed by atoms with Crippen LogP contribution in [0.15, 0.2) is 23.0 Å². The Bertz CT molecular complexity index is 987. The van der Waals surface area contributed by atoms with Crippen LogP contribution in [0.4, 0.5) is 4.39 Å². The van der Waals surface area contributed by atoms with Gasteiger partial charge in [-0.25, -0.2) is 9.49 Å². The molecule has 2 aliphatic rings. The third-order valence-electron chi connectivity index (χ3n) is 6.26. The van der Waals surface area contributed by atoms with Gasteiger partial charge in [0.25, 0.3) is 11.5 Å². The third-order valence-corrected chi connectivity index (χ3v) is 6.26. The van der Waals surface area contributed by atoms with Gasteiger partial charge in [0.05, 0.1) is 11.3 Å². The molecule has 1 atom stereocenters. The molecule has 7 heteroatoms. The van der Waals surface area contributed by atoms with Gasteiger partial charge >= 0.3 is 0 Å². The third kappa shape index (κ3) is 3.96. The number of carbonyl (C=O) groups excluding carboxylic acids is 1. The number of nitrogens with one attached hydrogen (secondary N) is 1. The molecule has 1 aliphatic carbocycles. The number of rotatable bonds is 3. The standard InChI is InChI=1S/C22H27FN4O2/c1-14-13-27(10-9-26(14)2)22(29)18-11-15(7-8-19(18)23)12-20-16-5-3-4-6-17(16)21(28)25-24-20/h7-8,11,14H,3-6,9-10,12-13H2,1-2H3,(H,25,28). The minimum Gasteiger partial charge on any atom is -0.336 e. The molecule has 6 nitrogen and oxygen atoms in total. The first-order valence-corrected chi connectivity index (χ1v) is 10.3. The molecule has 29 heavy (non-hydrogen) atoms. The second kappa shape index (κ2) is 8.06. The lowest BCUT2D eigenvalue weighted by atomic mass is 9.90. The molecule has 1 amide bonds. The number of piperazine rings is 1. The number of hydrogen-bond acceptors (Lipinski definition) is 4. The minimum atomic E-state index is -0.498. The predicted molar refractivity (Wildman–Crippen MR) is 109 cm³/mol. The monoisotopic (exact) mass is 398 g/mol. The highest BCUT2D eigenvalue weighted by atomic mass is 19.1. The normalized spacial score (nSPS) is 19.8. The van der Waals surface area contributed by atoms with E-state index in [0.717, 1.165) is 54.6 Å². The molecule has 0 bridgehead atoms. The Morgan fingerprint density at radius 1 is 1.24 bits per heavy atom. The zero-order chi connectivity index (χ0) is 20.5. The first-order valence-electron chi connectivity index (χ1n) is 10.3. The molecule has 1 saturated heterocycles. The van der Waals surface area contributed by atoms with Gasteiger partial charge in [-0.3, -0.25) is 9.59 Å². The lowest BCUT2D eigenvalue weighted by Crippen LogP contribution is -2.52. The SMILES string of the molecule is CC1CN(C(=O)c2cc(Cc3n[nH]c(=O)c4c3CCCC4)ccc2F)CCN1C. The molecule has 4 rings (SSSR count). The minimum absolute atomic E-state index is 0.109. The Balaban J connectivity index is 1.60. The molecule has 2 heterocycles. The Labute approximate surface area is 169 Å². The van der Waals surface area contributed by atoms with Crippen LogP contribution in [0.25, 0.3) is 0 Å². The first kappa shape index (κ1) is 19.8. The molecule has 0 spiro atoms. The summed E-state index contributed by atoms with van der Waals surface area (Å²) in [4.78, 5) is 28.9. The fourth-order valence-electron chi connectivity index (χ4n) is 4.32. The molecule has 0 radical (unpaired) electrons. The van der Waals surface area contributed by atoms with Crippen LogP contribution < -0.4 is 5.56 Å². The molecule has 1 aromatic heterocycles. The average molecular weight is 398 g/mol. The molecular weight excluding hydrogens is 371 g/mol. The van der Waals surface area contributed by atoms with Crippen molar-refractivity contribution in [2.45, 2.75) is 45.1 Å². The van der Waals surface area contributed by atoms with E-state index in [0.29, 0.717) is 19.5 Å². The van der Waals surface area contributed by atoms with Gasteiger partial charge in [0.15, 0.2) is 0 Å². The number of aromatic amines is 1. The summed E-state index contributed by atoms with van der Waals surface area (Å²) in [6.07, 6.45) is 4.14. The maximum absolute atomic E-state index is 14.5. The van der Waals surface area contributed by atoms with Crippen LogP contribution in [-0.2, 0) is 19.3 Å². The van der Waals surface area contributed by atoms with Crippen molar-refractivity contribution in [3.63, 3.8) is 0 Å². The molecule has 2 aromatic rings. The van der Waals surface area contributed by atoms with Crippen molar-refractivity contribution in [1.29, 1.82) is 0 Å². The highest BCUT2D eigenvalue weighted by Gasteiger charge is 2.27. The van der Waals surface area contributed by atoms with Crippen molar-refractivity contribution in [3.05, 3.63) is 62.3 Å². The topological polar surface area (TPSA) is 69.3 Å². The van der Waals surface area contributed by atoms with Crippen LogP contribution in [0, 0.1) is 5.82 Å². The summed E-state index contributed by atoms with van der Waals surface area (Å²) >= 11 is 0. The second-order valence-corrected chi connectivity index (χ2v) is 8.24. The van der Waals surface area contributed by atoms with Crippen molar-refractivity contribution in [2.24, 2.45) is 0 Å². The van der Waals surface area contributed by atoms with E-state index in [4.69, 9.17) is 0 Å². The number of H-pyrrole nitrogens is 1. The molecule has 0 saturated carbocycles. The van der Waals surface area contributed by atoms with Crippen LogP contribution in [0.1, 0.15) is 52.5 Å². The lowest BCUT2D eigenvalue weighted by Gasteiger charge is -2.37. The van der Waals surface area contributed by atoms with Crippen molar-refractivity contribution in [3.8, 4) is 0 Å². The van der Waals surface area contributed by atoms with E-state index in [9.17, 15) is 14.0 Å². The number of likely N-dealkylation sites (N-methyl/N-ethyl adjacent to an activating group) is 1. The predicted octanol–water partition coefficient (Wildman–Crippen LogP) is 2.15. The lowest BCUT2D eigenvalue weighted by molar-refractivity contribution is 0.0568. The van der Waals surface area contributed by atoms with Gasteiger partial charge in [-0.05, 0) is 62.9 Å². The smallest absolute Gasteiger partial charge is 0.267 e. The van der Waals surface area contributed by atoms with Crippen LogP contribution in [-0.4, -0.2) is 58.6 Å². The van der Waals surface area contributed by atoms with Gasteiger partial charge in [0, 0.05) is 37.7 Å². The van der Waals surface area contributed by atoms with E-state index in [-0.39, 0.29) is 23.1 Å². The Kier molecular flexibility index (Phi) is 5.50. The molecule has 1 aromatic carbocycles. The van der Waals surface area contributed by atoms with Crippen molar-refractivity contribution >= 4 is 5.91 Å². The summed E-state index contributed by atoms with van der Waals surface area (Å²) in [6, 6.07) is 4.94. The van der Waals surface area contributed by atoms with E-state index >= 15 is 0 Å². The number of amides is 1. The molecule has 1 aliphatic heterocycles.